The predicted molar refractivity (Wildman–Crippen MR) is 62.8 cm³/mol. The smallest absolute Gasteiger partial charge is 0.243 e. The second kappa shape index (κ2) is 8.16. The molecule has 0 aliphatic rings. The molecule has 1 atom stereocenters. The molecule has 1 unspecified atom stereocenters. The van der Waals surface area contributed by atoms with Gasteiger partial charge in [0.2, 0.25) is 5.89 Å². The lowest BCUT2D eigenvalue weighted by Gasteiger charge is -2.06. The lowest BCUT2D eigenvalue weighted by molar-refractivity contribution is 0.0714. The summed E-state index contributed by atoms with van der Waals surface area (Å²) in [4.78, 5) is 4.32. The van der Waals surface area contributed by atoms with Gasteiger partial charge in [0.25, 0.3) is 0 Å². The van der Waals surface area contributed by atoms with Gasteiger partial charge in [0.15, 0.2) is 5.82 Å². The molecule has 98 valence electrons. The van der Waals surface area contributed by atoms with Gasteiger partial charge in [-0.3, -0.25) is 0 Å². The van der Waals surface area contributed by atoms with E-state index in [-0.39, 0.29) is 6.04 Å². The third kappa shape index (κ3) is 4.80. The van der Waals surface area contributed by atoms with E-state index in [2.05, 4.69) is 22.4 Å². The van der Waals surface area contributed by atoms with E-state index in [1.807, 2.05) is 7.05 Å². The number of hydrogen-bond acceptors (Lipinski definition) is 6. The van der Waals surface area contributed by atoms with Gasteiger partial charge in [-0.2, -0.15) is 4.98 Å². The van der Waals surface area contributed by atoms with Crippen molar-refractivity contribution in [1.29, 1.82) is 0 Å². The first-order valence-electron chi connectivity index (χ1n) is 5.88. The van der Waals surface area contributed by atoms with Gasteiger partial charge in [-0.1, -0.05) is 12.1 Å². The Labute approximate surface area is 102 Å². The standard InChI is InChI=1S/C11H21N3O3/c1-4-9(12-2)11-13-10(14-17-11)5-6-16-8-7-15-3/h9,12H,4-8H2,1-3H3. The van der Waals surface area contributed by atoms with E-state index in [4.69, 9.17) is 14.0 Å². The van der Waals surface area contributed by atoms with E-state index < -0.39 is 0 Å². The average Bonchev–Trinajstić information content (AvgIpc) is 2.79. The van der Waals surface area contributed by atoms with Gasteiger partial charge in [0.05, 0.1) is 25.9 Å². The molecule has 0 bridgehead atoms. The van der Waals surface area contributed by atoms with Gasteiger partial charge in [0, 0.05) is 13.5 Å². The molecule has 0 aliphatic carbocycles. The minimum atomic E-state index is 0.130. The molecular weight excluding hydrogens is 222 g/mol. The summed E-state index contributed by atoms with van der Waals surface area (Å²) in [5.74, 6) is 1.33. The Kier molecular flexibility index (Phi) is 6.76. The Balaban J connectivity index is 2.30. The molecule has 1 rings (SSSR count). The second-order valence-electron chi connectivity index (χ2n) is 3.65. The normalized spacial score (nSPS) is 12.9. The predicted octanol–water partition coefficient (Wildman–Crippen LogP) is 0.946. The van der Waals surface area contributed by atoms with Crippen LogP contribution in [0.4, 0.5) is 0 Å². The maximum atomic E-state index is 5.34. The topological polar surface area (TPSA) is 69.4 Å². The fourth-order valence-electron chi connectivity index (χ4n) is 1.42. The monoisotopic (exact) mass is 243 g/mol. The molecule has 0 fully saturated rings. The van der Waals surface area contributed by atoms with Crippen molar-refractivity contribution in [3.63, 3.8) is 0 Å². The van der Waals surface area contributed by atoms with E-state index in [1.54, 1.807) is 7.11 Å². The highest BCUT2D eigenvalue weighted by Gasteiger charge is 2.14. The molecule has 1 aromatic heterocycles. The minimum absolute atomic E-state index is 0.130. The molecule has 0 amide bonds. The van der Waals surface area contributed by atoms with Gasteiger partial charge in [0.1, 0.15) is 0 Å². The lowest BCUT2D eigenvalue weighted by atomic mass is 10.2. The third-order valence-corrected chi connectivity index (χ3v) is 2.44. The van der Waals surface area contributed by atoms with Crippen LogP contribution in [-0.2, 0) is 15.9 Å². The Bertz CT molecular complexity index is 300. The summed E-state index contributed by atoms with van der Waals surface area (Å²) in [5.41, 5.74) is 0. The quantitative estimate of drug-likeness (QED) is 0.651. The Morgan fingerprint density at radius 3 is 2.82 bits per heavy atom. The first kappa shape index (κ1) is 14.1. The van der Waals surface area contributed by atoms with Crippen LogP contribution in [0.1, 0.15) is 31.1 Å². The molecule has 1 aromatic rings. The van der Waals surface area contributed by atoms with Crippen LogP contribution in [0.5, 0.6) is 0 Å². The summed E-state index contributed by atoms with van der Waals surface area (Å²) in [7, 11) is 3.53. The van der Waals surface area contributed by atoms with Crippen molar-refractivity contribution in [2.75, 3.05) is 34.0 Å². The van der Waals surface area contributed by atoms with Gasteiger partial charge < -0.3 is 19.3 Å². The molecule has 0 spiro atoms. The Hall–Kier alpha value is -0.980. The van der Waals surface area contributed by atoms with E-state index in [0.717, 1.165) is 6.42 Å². The highest BCUT2D eigenvalue weighted by atomic mass is 16.5. The SMILES string of the molecule is CCC(NC)c1nc(CCOCCOC)no1. The number of rotatable bonds is 9. The molecular formula is C11H21N3O3. The van der Waals surface area contributed by atoms with Crippen LogP contribution in [-0.4, -0.2) is 44.1 Å². The zero-order valence-electron chi connectivity index (χ0n) is 10.7. The fraction of sp³-hybridized carbons (Fsp3) is 0.818. The summed E-state index contributed by atoms with van der Waals surface area (Å²) < 4.78 is 15.4. The summed E-state index contributed by atoms with van der Waals surface area (Å²) in [5, 5.41) is 7.03. The van der Waals surface area contributed by atoms with Crippen LogP contribution < -0.4 is 5.32 Å². The van der Waals surface area contributed by atoms with Crippen LogP contribution in [0.3, 0.4) is 0 Å². The zero-order valence-corrected chi connectivity index (χ0v) is 10.7. The van der Waals surface area contributed by atoms with E-state index >= 15 is 0 Å². The van der Waals surface area contributed by atoms with Gasteiger partial charge >= 0.3 is 0 Å². The third-order valence-electron chi connectivity index (χ3n) is 2.44. The highest BCUT2D eigenvalue weighted by molar-refractivity contribution is 4.92. The lowest BCUT2D eigenvalue weighted by Crippen LogP contribution is -2.15. The van der Waals surface area contributed by atoms with E-state index in [0.29, 0.717) is 38.0 Å². The molecule has 0 aliphatic heterocycles. The second-order valence-corrected chi connectivity index (χ2v) is 3.65. The zero-order chi connectivity index (χ0) is 12.5. The summed E-state index contributed by atoms with van der Waals surface area (Å²) >= 11 is 0. The van der Waals surface area contributed by atoms with Crippen molar-refractivity contribution in [1.82, 2.24) is 15.5 Å². The van der Waals surface area contributed by atoms with Crippen molar-refractivity contribution in [3.8, 4) is 0 Å². The minimum Gasteiger partial charge on any atom is -0.382 e. The Morgan fingerprint density at radius 1 is 1.35 bits per heavy atom. The van der Waals surface area contributed by atoms with Crippen LogP contribution in [0, 0.1) is 0 Å². The first-order chi connectivity index (χ1) is 8.31. The molecule has 1 N–H and O–H groups in total. The number of nitrogens with zero attached hydrogens (tertiary/aromatic N) is 2. The van der Waals surface area contributed by atoms with E-state index in [1.165, 1.54) is 0 Å². The highest BCUT2D eigenvalue weighted by Crippen LogP contribution is 2.13. The van der Waals surface area contributed by atoms with Crippen LogP contribution in [0.2, 0.25) is 0 Å². The van der Waals surface area contributed by atoms with Gasteiger partial charge in [-0.15, -0.1) is 0 Å². The maximum absolute atomic E-state index is 5.34. The van der Waals surface area contributed by atoms with Crippen molar-refractivity contribution in [3.05, 3.63) is 11.7 Å². The molecule has 1 heterocycles. The Morgan fingerprint density at radius 2 is 2.18 bits per heavy atom. The first-order valence-corrected chi connectivity index (χ1v) is 5.88. The van der Waals surface area contributed by atoms with Gasteiger partial charge in [-0.05, 0) is 13.5 Å². The van der Waals surface area contributed by atoms with E-state index in [9.17, 15) is 0 Å². The van der Waals surface area contributed by atoms with Crippen LogP contribution in [0.25, 0.3) is 0 Å². The number of hydrogen-bond donors (Lipinski definition) is 1. The fourth-order valence-corrected chi connectivity index (χ4v) is 1.42. The average molecular weight is 243 g/mol. The molecule has 0 aromatic carbocycles. The van der Waals surface area contributed by atoms with Crippen molar-refractivity contribution >= 4 is 0 Å². The number of nitrogens with one attached hydrogen (secondary N) is 1. The maximum Gasteiger partial charge on any atom is 0.243 e. The molecule has 0 saturated heterocycles. The molecule has 6 nitrogen and oxygen atoms in total. The van der Waals surface area contributed by atoms with Gasteiger partial charge in [-0.25, -0.2) is 0 Å². The molecule has 0 saturated carbocycles. The number of aromatic nitrogens is 2. The summed E-state index contributed by atoms with van der Waals surface area (Å²) in [6.45, 7) is 3.85. The van der Waals surface area contributed by atoms with Crippen molar-refractivity contribution in [2.24, 2.45) is 0 Å². The van der Waals surface area contributed by atoms with Crippen LogP contribution in [0.15, 0.2) is 4.52 Å². The van der Waals surface area contributed by atoms with Crippen molar-refractivity contribution in [2.45, 2.75) is 25.8 Å². The summed E-state index contributed by atoms with van der Waals surface area (Å²) in [6, 6.07) is 0.130. The molecule has 6 heteroatoms. The molecule has 0 radical (unpaired) electrons. The molecule has 17 heavy (non-hydrogen) atoms. The number of methoxy groups -OCH3 is 1. The summed E-state index contributed by atoms with van der Waals surface area (Å²) in [6.07, 6.45) is 1.58. The number of ether oxygens (including phenoxy) is 2. The van der Waals surface area contributed by atoms with Crippen LogP contribution >= 0.6 is 0 Å². The van der Waals surface area contributed by atoms with Crippen molar-refractivity contribution < 1.29 is 14.0 Å². The largest absolute Gasteiger partial charge is 0.382 e.